The quantitative estimate of drug-likeness (QED) is 0.436. The van der Waals surface area contributed by atoms with Gasteiger partial charge in [-0.3, -0.25) is 24.1 Å². The Kier molecular flexibility index (Phi) is 7.99. The van der Waals surface area contributed by atoms with E-state index in [0.29, 0.717) is 11.3 Å². The molecule has 0 aliphatic heterocycles. The van der Waals surface area contributed by atoms with Crippen LogP contribution in [0.2, 0.25) is 0 Å². The average Bonchev–Trinajstić information content (AvgIpc) is 3.61. The van der Waals surface area contributed by atoms with Crippen LogP contribution in [0.25, 0.3) is 0 Å². The lowest BCUT2D eigenvalue weighted by atomic mass is 9.95. The Morgan fingerprint density at radius 3 is 2.39 bits per heavy atom. The standard InChI is InChI=1S/C27H29N3O6/c1-18(31)19-8-5-11-21(16-19)30(24(32)17-28-26(33)23-13-7-15-36-23)25(22-12-6-14-35-22)27(34)29-20-9-3-2-4-10-20/h5-8,11-16,20,25H,2-4,9-10,17H2,1H3,(H,28,33)(H,29,34)/t25-/m1/s1. The second kappa shape index (κ2) is 11.5. The minimum atomic E-state index is -1.14. The van der Waals surface area contributed by atoms with Crippen LogP contribution in [0.1, 0.15) is 71.7 Å². The fraction of sp³-hybridized carbons (Fsp3) is 0.333. The number of hydrogen-bond acceptors (Lipinski definition) is 6. The number of amides is 3. The van der Waals surface area contributed by atoms with E-state index < -0.39 is 30.3 Å². The molecule has 3 amide bonds. The van der Waals surface area contributed by atoms with Crippen molar-refractivity contribution in [3.05, 3.63) is 78.1 Å². The van der Waals surface area contributed by atoms with Crippen LogP contribution in [0.3, 0.4) is 0 Å². The molecule has 0 spiro atoms. The first-order valence-electron chi connectivity index (χ1n) is 12.0. The predicted octanol–water partition coefficient (Wildman–Crippen LogP) is 4.03. The van der Waals surface area contributed by atoms with Crippen molar-refractivity contribution in [3.8, 4) is 0 Å². The van der Waals surface area contributed by atoms with Crippen molar-refractivity contribution >= 4 is 29.2 Å². The van der Waals surface area contributed by atoms with Gasteiger partial charge in [0, 0.05) is 17.3 Å². The van der Waals surface area contributed by atoms with Gasteiger partial charge in [-0.2, -0.15) is 0 Å². The summed E-state index contributed by atoms with van der Waals surface area (Å²) < 4.78 is 10.7. The summed E-state index contributed by atoms with van der Waals surface area (Å²) in [6.07, 6.45) is 7.71. The Balaban J connectivity index is 1.67. The summed E-state index contributed by atoms with van der Waals surface area (Å²) in [6, 6.07) is 11.7. The molecule has 0 bridgehead atoms. The summed E-state index contributed by atoms with van der Waals surface area (Å²) >= 11 is 0. The van der Waals surface area contributed by atoms with Crippen molar-refractivity contribution in [1.29, 1.82) is 0 Å². The van der Waals surface area contributed by atoms with Gasteiger partial charge < -0.3 is 19.5 Å². The molecule has 9 nitrogen and oxygen atoms in total. The lowest BCUT2D eigenvalue weighted by Crippen LogP contribution is -2.49. The maximum absolute atomic E-state index is 13.6. The highest BCUT2D eigenvalue weighted by Crippen LogP contribution is 2.30. The molecule has 1 aliphatic rings. The first-order chi connectivity index (χ1) is 17.4. The van der Waals surface area contributed by atoms with Gasteiger partial charge >= 0.3 is 0 Å². The van der Waals surface area contributed by atoms with Crippen molar-refractivity contribution in [3.63, 3.8) is 0 Å². The largest absolute Gasteiger partial charge is 0.467 e. The number of carbonyl (C=O) groups is 4. The summed E-state index contributed by atoms with van der Waals surface area (Å²) in [6.45, 7) is 1.02. The van der Waals surface area contributed by atoms with Gasteiger partial charge in [0.15, 0.2) is 17.6 Å². The number of furan rings is 2. The smallest absolute Gasteiger partial charge is 0.287 e. The number of nitrogens with zero attached hydrogens (tertiary/aromatic N) is 1. The topological polar surface area (TPSA) is 122 Å². The molecule has 1 atom stereocenters. The van der Waals surface area contributed by atoms with Gasteiger partial charge in [0.2, 0.25) is 5.91 Å². The van der Waals surface area contributed by atoms with Crippen molar-refractivity contribution < 1.29 is 28.0 Å². The molecule has 36 heavy (non-hydrogen) atoms. The Bertz CT molecular complexity index is 1200. The predicted molar refractivity (Wildman–Crippen MR) is 131 cm³/mol. The molecule has 4 rings (SSSR count). The highest BCUT2D eigenvalue weighted by molar-refractivity contribution is 6.05. The van der Waals surface area contributed by atoms with Crippen LogP contribution >= 0.6 is 0 Å². The van der Waals surface area contributed by atoms with Gasteiger partial charge in [-0.05, 0) is 56.2 Å². The fourth-order valence-corrected chi connectivity index (χ4v) is 4.40. The second-order valence-corrected chi connectivity index (χ2v) is 8.79. The minimum absolute atomic E-state index is 0.00266. The third-order valence-electron chi connectivity index (χ3n) is 6.22. The van der Waals surface area contributed by atoms with E-state index in [-0.39, 0.29) is 23.3 Å². The zero-order chi connectivity index (χ0) is 25.5. The van der Waals surface area contributed by atoms with Crippen LogP contribution in [-0.2, 0) is 9.59 Å². The fourth-order valence-electron chi connectivity index (χ4n) is 4.40. The molecular weight excluding hydrogens is 462 g/mol. The summed E-state index contributed by atoms with van der Waals surface area (Å²) in [7, 11) is 0. The summed E-state index contributed by atoms with van der Waals surface area (Å²) in [5, 5.41) is 5.61. The van der Waals surface area contributed by atoms with E-state index in [1.54, 1.807) is 42.5 Å². The van der Waals surface area contributed by atoms with Gasteiger partial charge in [0.25, 0.3) is 11.8 Å². The van der Waals surface area contributed by atoms with Crippen LogP contribution in [0.4, 0.5) is 5.69 Å². The third-order valence-corrected chi connectivity index (χ3v) is 6.22. The van der Waals surface area contributed by atoms with Gasteiger partial charge in [0.05, 0.1) is 19.1 Å². The molecule has 2 N–H and O–H groups in total. The van der Waals surface area contributed by atoms with E-state index in [1.165, 1.54) is 30.4 Å². The molecule has 2 heterocycles. The van der Waals surface area contributed by atoms with E-state index in [0.717, 1.165) is 32.1 Å². The molecule has 0 saturated heterocycles. The number of hydrogen-bond donors (Lipinski definition) is 2. The number of nitrogens with one attached hydrogen (secondary N) is 2. The van der Waals surface area contributed by atoms with E-state index in [1.807, 2.05) is 0 Å². The average molecular weight is 492 g/mol. The normalized spacial score (nSPS) is 14.6. The number of Topliss-reactive ketones (excluding diaryl/α,β-unsaturated/α-hetero) is 1. The molecule has 1 fully saturated rings. The zero-order valence-corrected chi connectivity index (χ0v) is 20.1. The Labute approximate surface area is 208 Å². The molecule has 1 aliphatic carbocycles. The summed E-state index contributed by atoms with van der Waals surface area (Å²) in [5.74, 6) is -1.37. The SMILES string of the molecule is CC(=O)c1cccc(N(C(=O)CNC(=O)c2ccco2)[C@@H](C(=O)NC2CCCCC2)c2ccco2)c1. The lowest BCUT2D eigenvalue weighted by molar-refractivity contribution is -0.127. The summed E-state index contributed by atoms with van der Waals surface area (Å²) in [5.41, 5.74) is 0.718. The highest BCUT2D eigenvalue weighted by Gasteiger charge is 2.36. The Morgan fingerprint density at radius 1 is 0.972 bits per heavy atom. The first kappa shape index (κ1) is 25.0. The van der Waals surface area contributed by atoms with E-state index in [4.69, 9.17) is 8.83 Å². The second-order valence-electron chi connectivity index (χ2n) is 8.79. The van der Waals surface area contributed by atoms with Crippen molar-refractivity contribution in [2.24, 2.45) is 0 Å². The first-order valence-corrected chi connectivity index (χ1v) is 12.0. The molecule has 1 saturated carbocycles. The zero-order valence-electron chi connectivity index (χ0n) is 20.1. The number of ketones is 1. The molecular formula is C27H29N3O6. The molecule has 1 aromatic carbocycles. The lowest BCUT2D eigenvalue weighted by Gasteiger charge is -2.32. The molecule has 188 valence electrons. The molecule has 0 unspecified atom stereocenters. The van der Waals surface area contributed by atoms with Gasteiger partial charge in [-0.25, -0.2) is 0 Å². The van der Waals surface area contributed by atoms with E-state index >= 15 is 0 Å². The number of carbonyl (C=O) groups excluding carboxylic acids is 4. The van der Waals surface area contributed by atoms with Crippen LogP contribution < -0.4 is 15.5 Å². The highest BCUT2D eigenvalue weighted by atomic mass is 16.3. The molecule has 0 radical (unpaired) electrons. The maximum Gasteiger partial charge on any atom is 0.287 e. The van der Waals surface area contributed by atoms with E-state index in [2.05, 4.69) is 10.6 Å². The van der Waals surface area contributed by atoms with Gasteiger partial charge in [-0.1, -0.05) is 31.4 Å². The molecule has 3 aromatic rings. The summed E-state index contributed by atoms with van der Waals surface area (Å²) in [4.78, 5) is 53.0. The number of rotatable bonds is 9. The third kappa shape index (κ3) is 5.91. The van der Waals surface area contributed by atoms with Crippen LogP contribution in [-0.4, -0.2) is 36.1 Å². The monoisotopic (exact) mass is 491 g/mol. The van der Waals surface area contributed by atoms with Crippen LogP contribution in [0.15, 0.2) is 69.9 Å². The van der Waals surface area contributed by atoms with Crippen molar-refractivity contribution in [2.45, 2.75) is 51.1 Å². The van der Waals surface area contributed by atoms with Gasteiger partial charge in [-0.15, -0.1) is 0 Å². The van der Waals surface area contributed by atoms with Gasteiger partial charge in [0.1, 0.15) is 5.76 Å². The Morgan fingerprint density at radius 2 is 1.72 bits per heavy atom. The van der Waals surface area contributed by atoms with Crippen LogP contribution in [0, 0.1) is 0 Å². The van der Waals surface area contributed by atoms with Crippen molar-refractivity contribution in [2.75, 3.05) is 11.4 Å². The number of benzene rings is 1. The minimum Gasteiger partial charge on any atom is -0.467 e. The van der Waals surface area contributed by atoms with Crippen LogP contribution in [0.5, 0.6) is 0 Å². The molecule has 2 aromatic heterocycles. The molecule has 9 heteroatoms. The Hall–Kier alpha value is -4.14. The van der Waals surface area contributed by atoms with Crippen molar-refractivity contribution in [1.82, 2.24) is 10.6 Å². The maximum atomic E-state index is 13.6. The number of anilines is 1. The van der Waals surface area contributed by atoms with E-state index in [9.17, 15) is 19.2 Å².